The van der Waals surface area contributed by atoms with E-state index in [2.05, 4.69) is 10.4 Å². The monoisotopic (exact) mass is 382 g/mol. The third-order valence-electron chi connectivity index (χ3n) is 5.83. The molecule has 1 aromatic heterocycles. The molecule has 0 bridgehead atoms. The van der Waals surface area contributed by atoms with Crippen molar-refractivity contribution in [2.75, 3.05) is 20.2 Å². The maximum atomic E-state index is 12.9. The first-order chi connectivity index (χ1) is 13.4. The zero-order valence-corrected chi connectivity index (χ0v) is 16.6. The Morgan fingerprint density at radius 1 is 1.32 bits per heavy atom. The molecule has 7 nitrogen and oxygen atoms in total. The fourth-order valence-corrected chi connectivity index (χ4v) is 4.12. The lowest BCUT2D eigenvalue weighted by atomic mass is 9.91. The van der Waals surface area contributed by atoms with E-state index in [0.29, 0.717) is 30.0 Å². The summed E-state index contributed by atoms with van der Waals surface area (Å²) in [5, 5.41) is 7.48. The second kappa shape index (κ2) is 6.96. The van der Waals surface area contributed by atoms with Gasteiger partial charge in [0.25, 0.3) is 11.8 Å². The van der Waals surface area contributed by atoms with Crippen molar-refractivity contribution in [3.05, 3.63) is 47.3 Å². The molecular formula is C21H26N4O3. The van der Waals surface area contributed by atoms with Crippen LogP contribution in [-0.4, -0.2) is 52.2 Å². The number of aryl methyl sites for hydroxylation is 1. The fourth-order valence-electron chi connectivity index (χ4n) is 4.12. The molecule has 0 aliphatic carbocycles. The van der Waals surface area contributed by atoms with Crippen LogP contribution in [0.1, 0.15) is 59.0 Å². The average Bonchev–Trinajstić information content (AvgIpc) is 3.31. The van der Waals surface area contributed by atoms with E-state index in [4.69, 9.17) is 4.74 Å². The molecule has 2 amide bonds. The molecule has 3 heterocycles. The third kappa shape index (κ3) is 3.25. The summed E-state index contributed by atoms with van der Waals surface area (Å²) in [6.07, 6.45) is 5.79. The minimum Gasteiger partial charge on any atom is -0.497 e. The van der Waals surface area contributed by atoms with Crippen molar-refractivity contribution < 1.29 is 14.3 Å². The van der Waals surface area contributed by atoms with Crippen LogP contribution in [-0.2, 0) is 6.42 Å². The van der Waals surface area contributed by atoms with Gasteiger partial charge in [0.1, 0.15) is 5.75 Å². The largest absolute Gasteiger partial charge is 0.497 e. The summed E-state index contributed by atoms with van der Waals surface area (Å²) >= 11 is 0. The van der Waals surface area contributed by atoms with Gasteiger partial charge in [0.05, 0.1) is 24.4 Å². The smallest absolute Gasteiger partial charge is 0.257 e. The highest BCUT2D eigenvalue weighted by Crippen LogP contribution is 2.32. The first kappa shape index (κ1) is 18.5. The normalized spacial score (nSPS) is 21.6. The fraction of sp³-hybridized carbons (Fsp3) is 0.476. The molecule has 2 aliphatic heterocycles. The van der Waals surface area contributed by atoms with Crippen molar-refractivity contribution in [2.24, 2.45) is 0 Å². The van der Waals surface area contributed by atoms with Gasteiger partial charge < -0.3 is 15.0 Å². The molecule has 1 atom stereocenters. The van der Waals surface area contributed by atoms with Gasteiger partial charge in [0.2, 0.25) is 0 Å². The number of carbonyl (C=O) groups is 2. The number of nitrogens with one attached hydrogen (secondary N) is 1. The standard InChI is InChI=1S/C21H26N4O3/c1-14(2)25-12-16(11-22-25)20(27)24-9-8-21(13-24)7-6-15-4-5-17(28-3)10-18(15)19(26)23-21/h4-5,10-12,14H,6-9,13H2,1-3H3,(H,23,26)/t21-/m0/s1. The van der Waals surface area contributed by atoms with Gasteiger partial charge in [-0.05, 0) is 50.8 Å². The van der Waals surface area contributed by atoms with Crippen LogP contribution in [0.2, 0.25) is 0 Å². The highest BCUT2D eigenvalue weighted by molar-refractivity contribution is 5.97. The Kier molecular flexibility index (Phi) is 4.61. The molecule has 4 rings (SSSR count). The lowest BCUT2D eigenvalue weighted by Crippen LogP contribution is -2.50. The van der Waals surface area contributed by atoms with Crippen molar-refractivity contribution in [3.8, 4) is 5.75 Å². The van der Waals surface area contributed by atoms with Crippen molar-refractivity contribution in [3.63, 3.8) is 0 Å². The van der Waals surface area contributed by atoms with Crippen molar-refractivity contribution in [1.82, 2.24) is 20.0 Å². The van der Waals surface area contributed by atoms with Crippen LogP contribution in [0.15, 0.2) is 30.6 Å². The highest BCUT2D eigenvalue weighted by atomic mass is 16.5. The number of fused-ring (bicyclic) bond motifs is 1. The molecule has 7 heteroatoms. The molecule has 0 saturated carbocycles. The topological polar surface area (TPSA) is 76.5 Å². The van der Waals surface area contributed by atoms with Crippen molar-refractivity contribution >= 4 is 11.8 Å². The summed E-state index contributed by atoms with van der Waals surface area (Å²) in [5.74, 6) is 0.560. The number of benzene rings is 1. The van der Waals surface area contributed by atoms with Gasteiger partial charge in [-0.15, -0.1) is 0 Å². The van der Waals surface area contributed by atoms with E-state index in [9.17, 15) is 9.59 Å². The minimum absolute atomic E-state index is 0.0264. The first-order valence-electron chi connectivity index (χ1n) is 9.74. The van der Waals surface area contributed by atoms with Crippen molar-refractivity contribution in [1.29, 1.82) is 0 Å². The van der Waals surface area contributed by atoms with E-state index < -0.39 is 0 Å². The average molecular weight is 382 g/mol. The van der Waals surface area contributed by atoms with Gasteiger partial charge in [-0.3, -0.25) is 14.3 Å². The molecule has 148 valence electrons. The lowest BCUT2D eigenvalue weighted by Gasteiger charge is -2.28. The minimum atomic E-state index is -0.382. The molecule has 1 fully saturated rings. The summed E-state index contributed by atoms with van der Waals surface area (Å²) < 4.78 is 7.05. The predicted molar refractivity (Wildman–Crippen MR) is 105 cm³/mol. The van der Waals surface area contributed by atoms with Crippen LogP contribution in [0, 0.1) is 0 Å². The number of likely N-dealkylation sites (tertiary alicyclic amines) is 1. The van der Waals surface area contributed by atoms with E-state index in [1.54, 1.807) is 30.3 Å². The number of aromatic nitrogens is 2. The summed E-state index contributed by atoms with van der Waals surface area (Å²) in [6, 6.07) is 5.86. The van der Waals surface area contributed by atoms with Crippen molar-refractivity contribution in [2.45, 2.75) is 44.7 Å². The molecule has 0 radical (unpaired) electrons. The maximum Gasteiger partial charge on any atom is 0.257 e. The van der Waals surface area contributed by atoms with Crippen LogP contribution in [0.5, 0.6) is 5.75 Å². The van der Waals surface area contributed by atoms with Crippen LogP contribution >= 0.6 is 0 Å². The predicted octanol–water partition coefficient (Wildman–Crippen LogP) is 2.43. The van der Waals surface area contributed by atoms with Gasteiger partial charge >= 0.3 is 0 Å². The second-order valence-corrected chi connectivity index (χ2v) is 8.04. The van der Waals surface area contributed by atoms with Crippen LogP contribution < -0.4 is 10.1 Å². The summed E-state index contributed by atoms with van der Waals surface area (Å²) in [7, 11) is 1.60. The zero-order chi connectivity index (χ0) is 19.9. The van der Waals surface area contributed by atoms with Gasteiger partial charge in [-0.25, -0.2) is 0 Å². The number of methoxy groups -OCH3 is 1. The molecule has 2 aliphatic rings. The summed E-state index contributed by atoms with van der Waals surface area (Å²) in [4.78, 5) is 27.6. The van der Waals surface area contributed by atoms with E-state index in [-0.39, 0.29) is 23.4 Å². The Balaban J connectivity index is 1.51. The number of nitrogens with zero attached hydrogens (tertiary/aromatic N) is 3. The summed E-state index contributed by atoms with van der Waals surface area (Å²) in [6.45, 7) is 5.21. The van der Waals surface area contributed by atoms with Crippen LogP contribution in [0.3, 0.4) is 0 Å². The number of amides is 2. The number of ether oxygens (including phenoxy) is 1. The third-order valence-corrected chi connectivity index (χ3v) is 5.83. The first-order valence-corrected chi connectivity index (χ1v) is 9.74. The Morgan fingerprint density at radius 3 is 2.86 bits per heavy atom. The van der Waals surface area contributed by atoms with Gasteiger partial charge in [-0.1, -0.05) is 6.07 Å². The Morgan fingerprint density at radius 2 is 2.14 bits per heavy atom. The molecule has 0 unspecified atom stereocenters. The second-order valence-electron chi connectivity index (χ2n) is 8.04. The van der Waals surface area contributed by atoms with Crippen LogP contribution in [0.4, 0.5) is 0 Å². The van der Waals surface area contributed by atoms with Gasteiger partial charge in [0, 0.05) is 30.9 Å². The number of rotatable bonds is 3. The Hall–Kier alpha value is -2.83. The van der Waals surface area contributed by atoms with E-state index >= 15 is 0 Å². The Bertz CT molecular complexity index is 920. The number of hydrogen-bond donors (Lipinski definition) is 1. The molecule has 1 spiro atoms. The molecule has 1 saturated heterocycles. The molecule has 1 aromatic carbocycles. The SMILES string of the molecule is COc1ccc2c(c1)C(=O)N[C@@]1(CC2)CCN(C(=O)c2cnn(C(C)C)c2)C1. The lowest BCUT2D eigenvalue weighted by molar-refractivity contribution is 0.0764. The van der Waals surface area contributed by atoms with Gasteiger partial charge in [0.15, 0.2) is 0 Å². The van der Waals surface area contributed by atoms with E-state index in [1.165, 1.54) is 0 Å². The number of carbonyl (C=O) groups excluding carboxylic acids is 2. The quantitative estimate of drug-likeness (QED) is 0.885. The summed E-state index contributed by atoms with van der Waals surface area (Å²) in [5.41, 5.74) is 1.91. The Labute approximate surface area is 164 Å². The zero-order valence-electron chi connectivity index (χ0n) is 16.6. The van der Waals surface area contributed by atoms with Crippen LogP contribution in [0.25, 0.3) is 0 Å². The van der Waals surface area contributed by atoms with Gasteiger partial charge in [-0.2, -0.15) is 5.10 Å². The molecule has 2 aromatic rings. The molecular weight excluding hydrogens is 356 g/mol. The maximum absolute atomic E-state index is 12.9. The number of hydrogen-bond acceptors (Lipinski definition) is 4. The molecule has 28 heavy (non-hydrogen) atoms. The van der Waals surface area contributed by atoms with E-state index in [1.807, 2.05) is 30.9 Å². The van der Waals surface area contributed by atoms with E-state index in [0.717, 1.165) is 24.8 Å². The highest BCUT2D eigenvalue weighted by Gasteiger charge is 2.43. The molecule has 1 N–H and O–H groups in total.